The summed E-state index contributed by atoms with van der Waals surface area (Å²) in [6.07, 6.45) is 1.54. The molecule has 2 aromatic carbocycles. The number of nitrogens with one attached hydrogen (secondary N) is 1. The second-order valence-electron chi connectivity index (χ2n) is 5.22. The molecule has 25 heavy (non-hydrogen) atoms. The van der Waals surface area contributed by atoms with E-state index in [0.29, 0.717) is 22.4 Å². The van der Waals surface area contributed by atoms with Gasteiger partial charge in [0.25, 0.3) is 5.91 Å². The summed E-state index contributed by atoms with van der Waals surface area (Å²) in [5, 5.41) is 22.5. The summed E-state index contributed by atoms with van der Waals surface area (Å²) in [6.45, 7) is -0.683. The minimum Gasteiger partial charge on any atom is -0.479 e. The summed E-state index contributed by atoms with van der Waals surface area (Å²) < 4.78 is 4.92. The average molecular weight is 340 g/mol. The lowest BCUT2D eigenvalue weighted by molar-refractivity contribution is -0.385. The molecule has 8 heteroatoms. The third-order valence-corrected chi connectivity index (χ3v) is 3.55. The van der Waals surface area contributed by atoms with Crippen molar-refractivity contribution in [3.05, 3.63) is 63.7 Å². The molecule has 0 saturated heterocycles. The molecule has 8 nitrogen and oxygen atoms in total. The fourth-order valence-electron chi connectivity index (χ4n) is 2.48. The molecular weight excluding hydrogens is 328 g/mol. The molecule has 2 N–H and O–H groups in total. The van der Waals surface area contributed by atoms with Crippen molar-refractivity contribution in [1.82, 2.24) is 0 Å². The molecule has 0 aromatic heterocycles. The number of hydrogen-bond donors (Lipinski definition) is 2. The summed E-state index contributed by atoms with van der Waals surface area (Å²) in [5.41, 5.74) is 1.83. The van der Waals surface area contributed by atoms with Gasteiger partial charge in [0.15, 0.2) is 12.4 Å². The quantitative estimate of drug-likeness (QED) is 0.490. The van der Waals surface area contributed by atoms with Crippen LogP contribution in [-0.4, -0.2) is 28.5 Å². The zero-order chi connectivity index (χ0) is 18.0. The second-order valence-corrected chi connectivity index (χ2v) is 5.22. The zero-order valence-corrected chi connectivity index (χ0v) is 12.8. The lowest BCUT2D eigenvalue weighted by Crippen LogP contribution is -2.10. The molecular formula is C17H12N2O6. The molecule has 1 aliphatic rings. The van der Waals surface area contributed by atoms with Gasteiger partial charge in [-0.2, -0.15) is 0 Å². The van der Waals surface area contributed by atoms with Gasteiger partial charge in [0.05, 0.1) is 4.92 Å². The first-order chi connectivity index (χ1) is 12.0. The predicted octanol–water partition coefficient (Wildman–Crippen LogP) is 2.55. The summed E-state index contributed by atoms with van der Waals surface area (Å²) in [5.74, 6) is -1.68. The van der Waals surface area contributed by atoms with Crippen LogP contribution < -0.4 is 10.1 Å². The van der Waals surface area contributed by atoms with Crippen molar-refractivity contribution in [3.8, 4) is 5.75 Å². The Balaban J connectivity index is 1.98. The molecule has 2 aromatic rings. The number of benzene rings is 2. The Morgan fingerprint density at radius 3 is 2.76 bits per heavy atom. The van der Waals surface area contributed by atoms with Crippen LogP contribution in [0.5, 0.6) is 5.75 Å². The topological polar surface area (TPSA) is 119 Å². The largest absolute Gasteiger partial charge is 0.479 e. The number of carboxylic acids is 1. The van der Waals surface area contributed by atoms with Gasteiger partial charge in [-0.3, -0.25) is 14.9 Å². The molecule has 0 fully saturated rings. The fraction of sp³-hybridized carbons (Fsp3) is 0.0588. The zero-order valence-electron chi connectivity index (χ0n) is 12.8. The Bertz CT molecular complexity index is 919. The highest BCUT2D eigenvalue weighted by Gasteiger charge is 2.24. The maximum absolute atomic E-state index is 12.1. The van der Waals surface area contributed by atoms with E-state index in [0.717, 1.165) is 0 Å². The van der Waals surface area contributed by atoms with E-state index in [2.05, 4.69) is 5.32 Å². The van der Waals surface area contributed by atoms with Crippen molar-refractivity contribution in [2.75, 3.05) is 11.9 Å². The molecule has 0 unspecified atom stereocenters. The number of rotatable bonds is 5. The Morgan fingerprint density at radius 2 is 2.04 bits per heavy atom. The molecule has 3 rings (SSSR count). The van der Waals surface area contributed by atoms with Crippen LogP contribution in [0.4, 0.5) is 11.4 Å². The van der Waals surface area contributed by atoms with Crippen molar-refractivity contribution >= 4 is 34.9 Å². The van der Waals surface area contributed by atoms with Crippen molar-refractivity contribution in [2.45, 2.75) is 0 Å². The van der Waals surface area contributed by atoms with E-state index in [4.69, 9.17) is 9.84 Å². The number of fused-ring (bicyclic) bond motifs is 1. The van der Waals surface area contributed by atoms with E-state index < -0.39 is 17.5 Å². The number of hydrogen-bond acceptors (Lipinski definition) is 5. The van der Waals surface area contributed by atoms with Gasteiger partial charge >= 0.3 is 11.7 Å². The van der Waals surface area contributed by atoms with Crippen LogP contribution in [0.25, 0.3) is 11.6 Å². The third kappa shape index (κ3) is 3.32. The van der Waals surface area contributed by atoms with E-state index in [1.54, 1.807) is 24.3 Å². The van der Waals surface area contributed by atoms with Gasteiger partial charge < -0.3 is 15.2 Å². The van der Waals surface area contributed by atoms with Crippen LogP contribution in [-0.2, 0) is 9.59 Å². The number of aliphatic carboxylic acids is 1. The number of nitro benzene ring substituents is 1. The lowest BCUT2D eigenvalue weighted by Gasteiger charge is -2.05. The van der Waals surface area contributed by atoms with Crippen LogP contribution >= 0.6 is 0 Å². The highest BCUT2D eigenvalue weighted by atomic mass is 16.6. The van der Waals surface area contributed by atoms with Crippen molar-refractivity contribution in [1.29, 1.82) is 0 Å². The molecule has 126 valence electrons. The Hall–Kier alpha value is -3.68. The highest BCUT2D eigenvalue weighted by Crippen LogP contribution is 2.34. The first-order valence-electron chi connectivity index (χ1n) is 7.21. The second kappa shape index (κ2) is 6.44. The van der Waals surface area contributed by atoms with Crippen LogP contribution in [0.1, 0.15) is 11.1 Å². The van der Waals surface area contributed by atoms with Crippen molar-refractivity contribution in [3.63, 3.8) is 0 Å². The van der Waals surface area contributed by atoms with Crippen LogP contribution in [0.3, 0.4) is 0 Å². The number of carbonyl (C=O) groups excluding carboxylic acids is 1. The molecule has 0 bridgehead atoms. The number of amides is 1. The minimum atomic E-state index is -1.24. The Morgan fingerprint density at radius 1 is 1.28 bits per heavy atom. The van der Waals surface area contributed by atoms with Crippen LogP contribution in [0, 0.1) is 10.1 Å². The van der Waals surface area contributed by atoms with Crippen LogP contribution in [0.2, 0.25) is 0 Å². The Labute approximate surface area is 141 Å². The van der Waals surface area contributed by atoms with E-state index in [1.165, 1.54) is 24.3 Å². The maximum Gasteiger partial charge on any atom is 0.341 e. The molecule has 1 aliphatic heterocycles. The summed E-state index contributed by atoms with van der Waals surface area (Å²) in [4.78, 5) is 33.2. The number of ether oxygens (including phenoxy) is 1. The van der Waals surface area contributed by atoms with Crippen LogP contribution in [0.15, 0.2) is 42.5 Å². The van der Waals surface area contributed by atoms with Gasteiger partial charge in [-0.05, 0) is 23.8 Å². The van der Waals surface area contributed by atoms with Gasteiger partial charge in [-0.15, -0.1) is 0 Å². The number of anilines is 1. The monoisotopic (exact) mass is 340 g/mol. The smallest absolute Gasteiger partial charge is 0.341 e. The molecule has 1 heterocycles. The molecule has 0 radical (unpaired) electrons. The maximum atomic E-state index is 12.1. The average Bonchev–Trinajstić information content (AvgIpc) is 2.89. The number of nitrogens with zero attached hydrogens (tertiary/aromatic N) is 1. The highest BCUT2D eigenvalue weighted by molar-refractivity contribution is 6.34. The van der Waals surface area contributed by atoms with E-state index in [1.807, 2.05) is 0 Å². The van der Waals surface area contributed by atoms with Gasteiger partial charge in [-0.25, -0.2) is 4.79 Å². The third-order valence-electron chi connectivity index (χ3n) is 3.55. The van der Waals surface area contributed by atoms with Gasteiger partial charge in [0.2, 0.25) is 0 Å². The molecule has 0 spiro atoms. The van der Waals surface area contributed by atoms with E-state index >= 15 is 0 Å². The minimum absolute atomic E-state index is 0.147. The summed E-state index contributed by atoms with van der Waals surface area (Å²) in [7, 11) is 0. The number of para-hydroxylation sites is 1. The van der Waals surface area contributed by atoms with E-state index in [-0.39, 0.29) is 17.3 Å². The van der Waals surface area contributed by atoms with Crippen molar-refractivity contribution < 1.29 is 24.4 Å². The first-order valence-corrected chi connectivity index (χ1v) is 7.21. The molecule has 0 atom stereocenters. The Kier molecular flexibility index (Phi) is 4.17. The fourth-order valence-corrected chi connectivity index (χ4v) is 2.48. The molecule has 1 amide bonds. The summed E-state index contributed by atoms with van der Waals surface area (Å²) >= 11 is 0. The molecule has 0 aliphatic carbocycles. The predicted molar refractivity (Wildman–Crippen MR) is 89.2 cm³/mol. The van der Waals surface area contributed by atoms with Gasteiger partial charge in [-0.1, -0.05) is 24.3 Å². The molecule has 0 saturated carbocycles. The standard InChI is InChI=1S/C17H12N2O6/c20-16(21)9-25-15-6-5-10(8-14(15)19(23)24)7-12-11-3-1-2-4-13(11)18-17(12)22/h1-8H,9H2,(H,18,22)(H,20,21)/b12-7+. The lowest BCUT2D eigenvalue weighted by atomic mass is 10.0. The van der Waals surface area contributed by atoms with Gasteiger partial charge in [0.1, 0.15) is 0 Å². The van der Waals surface area contributed by atoms with Crippen molar-refractivity contribution in [2.24, 2.45) is 0 Å². The SMILES string of the molecule is O=C(O)COc1ccc(/C=C2/C(=O)Nc3ccccc32)cc1[N+](=O)[O-]. The normalized spacial score (nSPS) is 14.1. The number of carboxylic acid groups (broad SMARTS) is 1. The van der Waals surface area contributed by atoms with Gasteiger partial charge in [0, 0.05) is 22.9 Å². The number of carbonyl (C=O) groups is 2. The first kappa shape index (κ1) is 16.2. The van der Waals surface area contributed by atoms with E-state index in [9.17, 15) is 19.7 Å². The number of nitro groups is 1. The summed E-state index contributed by atoms with van der Waals surface area (Å²) in [6, 6.07) is 11.2.